The van der Waals surface area contributed by atoms with E-state index in [1.165, 1.54) is 19.2 Å². The summed E-state index contributed by atoms with van der Waals surface area (Å²) in [6.45, 7) is 0.417. The van der Waals surface area contributed by atoms with Crippen LogP contribution in [0.2, 0.25) is 0 Å². The third-order valence-electron chi connectivity index (χ3n) is 3.56. The standard InChI is InChI=1S/C18H21FN2O4/c1-23-15-7-5-13(11-14(15)19)21-18(22)20-9-8-12-4-6-16(24-2)17(10-12)25-3/h4-7,10-11H,8-9H2,1-3H3,(H2,20,21,22). The highest BCUT2D eigenvalue weighted by Gasteiger charge is 2.07. The lowest BCUT2D eigenvalue weighted by Crippen LogP contribution is -2.30. The van der Waals surface area contributed by atoms with Gasteiger partial charge in [0.25, 0.3) is 0 Å². The van der Waals surface area contributed by atoms with Crippen LogP contribution in [0.5, 0.6) is 17.2 Å². The van der Waals surface area contributed by atoms with Crippen molar-refractivity contribution in [3.05, 3.63) is 47.8 Å². The van der Waals surface area contributed by atoms with Crippen LogP contribution in [0.3, 0.4) is 0 Å². The van der Waals surface area contributed by atoms with Crippen molar-refractivity contribution in [1.82, 2.24) is 5.32 Å². The molecule has 0 fully saturated rings. The minimum atomic E-state index is -0.536. The zero-order chi connectivity index (χ0) is 18.2. The molecule has 0 saturated heterocycles. The molecule has 0 saturated carbocycles. The van der Waals surface area contributed by atoms with E-state index in [0.717, 1.165) is 5.56 Å². The van der Waals surface area contributed by atoms with Gasteiger partial charge in [-0.2, -0.15) is 0 Å². The highest BCUT2D eigenvalue weighted by atomic mass is 19.1. The molecular formula is C18H21FN2O4. The van der Waals surface area contributed by atoms with Crippen LogP contribution in [-0.2, 0) is 6.42 Å². The van der Waals surface area contributed by atoms with E-state index in [1.807, 2.05) is 18.2 Å². The number of ether oxygens (including phenoxy) is 3. The second kappa shape index (κ2) is 8.77. The van der Waals surface area contributed by atoms with E-state index < -0.39 is 11.8 Å². The Morgan fingerprint density at radius 3 is 2.28 bits per heavy atom. The molecule has 0 unspecified atom stereocenters. The second-order valence-electron chi connectivity index (χ2n) is 5.17. The predicted octanol–water partition coefficient (Wildman–Crippen LogP) is 3.22. The van der Waals surface area contributed by atoms with Crippen LogP contribution >= 0.6 is 0 Å². The van der Waals surface area contributed by atoms with E-state index in [4.69, 9.17) is 14.2 Å². The normalized spacial score (nSPS) is 10.1. The van der Waals surface area contributed by atoms with E-state index in [-0.39, 0.29) is 5.75 Å². The third kappa shape index (κ3) is 5.00. The van der Waals surface area contributed by atoms with Crippen molar-refractivity contribution >= 4 is 11.7 Å². The first kappa shape index (κ1) is 18.4. The number of halogens is 1. The summed E-state index contributed by atoms with van der Waals surface area (Å²) in [7, 11) is 4.53. The Morgan fingerprint density at radius 2 is 1.64 bits per heavy atom. The van der Waals surface area contributed by atoms with Gasteiger partial charge in [-0.25, -0.2) is 9.18 Å². The minimum Gasteiger partial charge on any atom is -0.494 e. The molecule has 0 radical (unpaired) electrons. The number of hydrogen-bond acceptors (Lipinski definition) is 4. The predicted molar refractivity (Wildman–Crippen MR) is 93.2 cm³/mol. The molecule has 0 heterocycles. The largest absolute Gasteiger partial charge is 0.494 e. The Kier molecular flexibility index (Phi) is 6.45. The number of amides is 2. The maximum Gasteiger partial charge on any atom is 0.319 e. The molecule has 0 atom stereocenters. The number of rotatable bonds is 7. The Hall–Kier alpha value is -2.96. The Labute approximate surface area is 145 Å². The zero-order valence-electron chi connectivity index (χ0n) is 14.4. The van der Waals surface area contributed by atoms with Crippen LogP contribution < -0.4 is 24.8 Å². The van der Waals surface area contributed by atoms with Crippen LogP contribution in [0.1, 0.15) is 5.56 Å². The topological polar surface area (TPSA) is 68.8 Å². The van der Waals surface area contributed by atoms with Crippen LogP contribution in [0.25, 0.3) is 0 Å². The number of nitrogens with one attached hydrogen (secondary N) is 2. The zero-order valence-corrected chi connectivity index (χ0v) is 14.4. The summed E-state index contributed by atoms with van der Waals surface area (Å²) < 4.78 is 28.8. The molecule has 0 aliphatic carbocycles. The van der Waals surface area contributed by atoms with Crippen LogP contribution in [-0.4, -0.2) is 33.9 Å². The number of methoxy groups -OCH3 is 3. The lowest BCUT2D eigenvalue weighted by molar-refractivity contribution is 0.252. The SMILES string of the molecule is COc1ccc(NC(=O)NCCc2ccc(OC)c(OC)c2)cc1F. The average Bonchev–Trinajstić information content (AvgIpc) is 2.61. The van der Waals surface area contributed by atoms with Crippen molar-refractivity contribution in [2.45, 2.75) is 6.42 Å². The molecule has 2 aromatic rings. The molecule has 0 aromatic heterocycles. The quantitative estimate of drug-likeness (QED) is 0.806. The van der Waals surface area contributed by atoms with E-state index in [2.05, 4.69) is 10.6 Å². The van der Waals surface area contributed by atoms with Gasteiger partial charge < -0.3 is 24.8 Å². The van der Waals surface area contributed by atoms with Crippen molar-refractivity contribution in [2.24, 2.45) is 0 Å². The van der Waals surface area contributed by atoms with Crippen LogP contribution in [0, 0.1) is 5.82 Å². The van der Waals surface area contributed by atoms with Gasteiger partial charge in [0.15, 0.2) is 23.1 Å². The summed E-state index contributed by atoms with van der Waals surface area (Å²) in [5.41, 5.74) is 1.34. The van der Waals surface area contributed by atoms with Crippen LogP contribution in [0.15, 0.2) is 36.4 Å². The lowest BCUT2D eigenvalue weighted by Gasteiger charge is -2.11. The first-order valence-corrected chi connectivity index (χ1v) is 7.66. The van der Waals surface area contributed by atoms with Gasteiger partial charge in [-0.3, -0.25) is 0 Å². The van der Waals surface area contributed by atoms with Gasteiger partial charge in [0.05, 0.1) is 21.3 Å². The lowest BCUT2D eigenvalue weighted by atomic mass is 10.1. The Morgan fingerprint density at radius 1 is 0.960 bits per heavy atom. The number of carbonyl (C=O) groups excluding carboxylic acids is 1. The molecule has 0 spiro atoms. The fraction of sp³-hybridized carbons (Fsp3) is 0.278. The van der Waals surface area contributed by atoms with Gasteiger partial charge >= 0.3 is 6.03 Å². The molecule has 0 aliphatic heterocycles. The number of benzene rings is 2. The molecule has 2 N–H and O–H groups in total. The molecule has 25 heavy (non-hydrogen) atoms. The number of anilines is 1. The van der Waals surface area contributed by atoms with Gasteiger partial charge in [-0.05, 0) is 36.2 Å². The third-order valence-corrected chi connectivity index (χ3v) is 3.56. The summed E-state index contributed by atoms with van der Waals surface area (Å²) in [4.78, 5) is 11.9. The monoisotopic (exact) mass is 348 g/mol. The van der Waals surface area contributed by atoms with Crippen LogP contribution in [0.4, 0.5) is 14.9 Å². The summed E-state index contributed by atoms with van der Waals surface area (Å²) in [6, 6.07) is 9.38. The van der Waals surface area contributed by atoms with Crippen molar-refractivity contribution in [1.29, 1.82) is 0 Å². The van der Waals surface area contributed by atoms with Gasteiger partial charge in [0.2, 0.25) is 0 Å². The fourth-order valence-electron chi connectivity index (χ4n) is 2.28. The molecule has 2 rings (SSSR count). The van der Waals surface area contributed by atoms with Crippen molar-refractivity contribution < 1.29 is 23.4 Å². The van der Waals surface area contributed by atoms with Crippen molar-refractivity contribution in [3.63, 3.8) is 0 Å². The van der Waals surface area contributed by atoms with Crippen molar-refractivity contribution in [2.75, 3.05) is 33.2 Å². The van der Waals surface area contributed by atoms with E-state index in [1.54, 1.807) is 20.3 Å². The average molecular weight is 348 g/mol. The molecular weight excluding hydrogens is 327 g/mol. The Balaban J connectivity index is 1.85. The van der Waals surface area contributed by atoms with E-state index in [9.17, 15) is 9.18 Å². The maximum atomic E-state index is 13.6. The highest BCUT2D eigenvalue weighted by Crippen LogP contribution is 2.27. The summed E-state index contributed by atoms with van der Waals surface area (Å²) in [5.74, 6) is 0.877. The summed E-state index contributed by atoms with van der Waals surface area (Å²) >= 11 is 0. The summed E-state index contributed by atoms with van der Waals surface area (Å²) in [6.07, 6.45) is 0.616. The number of hydrogen-bond donors (Lipinski definition) is 2. The smallest absolute Gasteiger partial charge is 0.319 e. The maximum absolute atomic E-state index is 13.6. The molecule has 0 aliphatic rings. The first-order valence-electron chi connectivity index (χ1n) is 7.66. The van der Waals surface area contributed by atoms with Gasteiger partial charge in [0, 0.05) is 18.3 Å². The van der Waals surface area contributed by atoms with Gasteiger partial charge in [-0.15, -0.1) is 0 Å². The first-order chi connectivity index (χ1) is 12.1. The molecule has 6 nitrogen and oxygen atoms in total. The summed E-state index contributed by atoms with van der Waals surface area (Å²) in [5, 5.41) is 5.29. The molecule has 0 bridgehead atoms. The molecule has 134 valence electrons. The highest BCUT2D eigenvalue weighted by molar-refractivity contribution is 5.89. The minimum absolute atomic E-state index is 0.124. The molecule has 2 aromatic carbocycles. The van der Waals surface area contributed by atoms with Gasteiger partial charge in [0.1, 0.15) is 0 Å². The number of carbonyl (C=O) groups is 1. The van der Waals surface area contributed by atoms with Crippen molar-refractivity contribution in [3.8, 4) is 17.2 Å². The number of urea groups is 1. The molecule has 2 amide bonds. The second-order valence-corrected chi connectivity index (χ2v) is 5.17. The fourth-order valence-corrected chi connectivity index (χ4v) is 2.28. The molecule has 7 heteroatoms. The van der Waals surface area contributed by atoms with Gasteiger partial charge in [-0.1, -0.05) is 6.07 Å². The Bertz CT molecular complexity index is 737. The van der Waals surface area contributed by atoms with E-state index in [0.29, 0.717) is 30.2 Å². The van der Waals surface area contributed by atoms with E-state index >= 15 is 0 Å².